The standard InChI is InChI=1S/C13H23N5O3/c1-2-21-6-3-13(20)18-5-4-17(9-12(19)10-18)8-11-7-14-16-15-11/h7,12,19H,2-6,8-10H2,1H3,(H,14,15,16). The third-order valence-corrected chi connectivity index (χ3v) is 3.45. The molecule has 0 aromatic carbocycles. The van der Waals surface area contributed by atoms with Crippen molar-refractivity contribution in [3.8, 4) is 0 Å². The van der Waals surface area contributed by atoms with Crippen LogP contribution in [0.2, 0.25) is 0 Å². The van der Waals surface area contributed by atoms with E-state index in [9.17, 15) is 9.90 Å². The fourth-order valence-corrected chi connectivity index (χ4v) is 2.42. The number of carbonyl (C=O) groups excluding carboxylic acids is 1. The van der Waals surface area contributed by atoms with Crippen LogP contribution in [0, 0.1) is 0 Å². The summed E-state index contributed by atoms with van der Waals surface area (Å²) in [4.78, 5) is 15.9. The monoisotopic (exact) mass is 297 g/mol. The van der Waals surface area contributed by atoms with Gasteiger partial charge in [-0.3, -0.25) is 9.69 Å². The number of carbonyl (C=O) groups is 1. The lowest BCUT2D eigenvalue weighted by Gasteiger charge is -2.21. The van der Waals surface area contributed by atoms with E-state index >= 15 is 0 Å². The van der Waals surface area contributed by atoms with Crippen LogP contribution in [0.15, 0.2) is 6.20 Å². The second-order valence-electron chi connectivity index (χ2n) is 5.14. The Bertz CT molecular complexity index is 425. The maximum absolute atomic E-state index is 12.1. The Morgan fingerprint density at radius 1 is 1.52 bits per heavy atom. The van der Waals surface area contributed by atoms with Crippen molar-refractivity contribution in [1.29, 1.82) is 0 Å². The molecule has 1 aromatic rings. The Morgan fingerprint density at radius 2 is 2.38 bits per heavy atom. The molecule has 1 amide bonds. The van der Waals surface area contributed by atoms with Crippen molar-refractivity contribution >= 4 is 5.91 Å². The fraction of sp³-hybridized carbons (Fsp3) is 0.769. The molecule has 2 heterocycles. The molecule has 1 aliphatic heterocycles. The summed E-state index contributed by atoms with van der Waals surface area (Å²) in [6, 6.07) is 0. The van der Waals surface area contributed by atoms with Crippen molar-refractivity contribution in [2.75, 3.05) is 39.4 Å². The van der Waals surface area contributed by atoms with Crippen molar-refractivity contribution in [3.05, 3.63) is 11.9 Å². The van der Waals surface area contributed by atoms with Crippen LogP contribution >= 0.6 is 0 Å². The van der Waals surface area contributed by atoms with E-state index in [2.05, 4.69) is 20.3 Å². The molecule has 0 saturated carbocycles. The maximum atomic E-state index is 12.1. The number of nitrogens with one attached hydrogen (secondary N) is 1. The highest BCUT2D eigenvalue weighted by Crippen LogP contribution is 2.08. The van der Waals surface area contributed by atoms with Gasteiger partial charge in [0.05, 0.1) is 31.0 Å². The smallest absolute Gasteiger partial charge is 0.225 e. The normalized spacial score (nSPS) is 20.5. The lowest BCUT2D eigenvalue weighted by molar-refractivity contribution is -0.133. The van der Waals surface area contributed by atoms with E-state index in [0.717, 1.165) is 5.69 Å². The van der Waals surface area contributed by atoms with Gasteiger partial charge in [-0.05, 0) is 6.92 Å². The van der Waals surface area contributed by atoms with E-state index in [1.54, 1.807) is 11.1 Å². The summed E-state index contributed by atoms with van der Waals surface area (Å²) in [7, 11) is 0. The van der Waals surface area contributed by atoms with Crippen molar-refractivity contribution in [3.63, 3.8) is 0 Å². The van der Waals surface area contributed by atoms with Gasteiger partial charge in [0.2, 0.25) is 5.91 Å². The molecule has 8 nitrogen and oxygen atoms in total. The van der Waals surface area contributed by atoms with Crippen LogP contribution in [0.5, 0.6) is 0 Å². The van der Waals surface area contributed by atoms with Crippen molar-refractivity contribution in [1.82, 2.24) is 25.2 Å². The van der Waals surface area contributed by atoms with Gasteiger partial charge in [0, 0.05) is 39.3 Å². The van der Waals surface area contributed by atoms with Crippen LogP contribution in [0.4, 0.5) is 0 Å². The second kappa shape index (κ2) is 8.06. The highest BCUT2D eigenvalue weighted by atomic mass is 16.5. The molecule has 1 fully saturated rings. The van der Waals surface area contributed by atoms with Crippen LogP contribution in [0.1, 0.15) is 19.0 Å². The highest BCUT2D eigenvalue weighted by molar-refractivity contribution is 5.76. The molecule has 0 spiro atoms. The second-order valence-corrected chi connectivity index (χ2v) is 5.14. The average molecular weight is 297 g/mol. The first-order chi connectivity index (χ1) is 10.2. The molecule has 1 unspecified atom stereocenters. The number of aromatic amines is 1. The zero-order chi connectivity index (χ0) is 15.1. The number of amides is 1. The number of aromatic nitrogens is 3. The SMILES string of the molecule is CCOCCC(=O)N1CCN(Cc2cn[nH]n2)CC(O)C1. The summed E-state index contributed by atoms with van der Waals surface area (Å²) < 4.78 is 5.21. The van der Waals surface area contributed by atoms with Gasteiger partial charge in [0.15, 0.2) is 0 Å². The summed E-state index contributed by atoms with van der Waals surface area (Å²) in [5.41, 5.74) is 0.832. The summed E-state index contributed by atoms with van der Waals surface area (Å²) in [6.45, 7) is 5.80. The third kappa shape index (κ3) is 5.07. The molecule has 0 bridgehead atoms. The number of hydrogen-bond acceptors (Lipinski definition) is 6. The van der Waals surface area contributed by atoms with E-state index < -0.39 is 6.10 Å². The molecule has 21 heavy (non-hydrogen) atoms. The van der Waals surface area contributed by atoms with Crippen molar-refractivity contribution in [2.45, 2.75) is 26.0 Å². The summed E-state index contributed by atoms with van der Waals surface area (Å²) in [5.74, 6) is 0.0331. The van der Waals surface area contributed by atoms with E-state index in [0.29, 0.717) is 52.4 Å². The molecule has 1 saturated heterocycles. The summed E-state index contributed by atoms with van der Waals surface area (Å²) in [6.07, 6.45) is 1.49. The third-order valence-electron chi connectivity index (χ3n) is 3.45. The predicted molar refractivity (Wildman–Crippen MR) is 75.4 cm³/mol. The zero-order valence-electron chi connectivity index (χ0n) is 12.4. The van der Waals surface area contributed by atoms with Gasteiger partial charge in [-0.25, -0.2) is 0 Å². The molecule has 118 valence electrons. The van der Waals surface area contributed by atoms with Crippen LogP contribution < -0.4 is 0 Å². The number of H-pyrrole nitrogens is 1. The van der Waals surface area contributed by atoms with Gasteiger partial charge in [-0.2, -0.15) is 15.4 Å². The van der Waals surface area contributed by atoms with E-state index in [-0.39, 0.29) is 5.91 Å². The number of hydrogen-bond donors (Lipinski definition) is 2. The van der Waals surface area contributed by atoms with E-state index in [1.807, 2.05) is 6.92 Å². The number of rotatable bonds is 6. The lowest BCUT2D eigenvalue weighted by Crippen LogP contribution is -2.38. The Balaban J connectivity index is 1.83. The molecular formula is C13H23N5O3. The topological polar surface area (TPSA) is 94.6 Å². The molecule has 2 rings (SSSR count). The summed E-state index contributed by atoms with van der Waals surface area (Å²) in [5, 5.41) is 20.4. The maximum Gasteiger partial charge on any atom is 0.225 e. The Morgan fingerprint density at radius 3 is 3.10 bits per heavy atom. The average Bonchev–Trinajstić information content (AvgIpc) is 2.88. The van der Waals surface area contributed by atoms with Crippen molar-refractivity contribution in [2.24, 2.45) is 0 Å². The molecular weight excluding hydrogens is 274 g/mol. The van der Waals surface area contributed by atoms with E-state index in [1.165, 1.54) is 0 Å². The lowest BCUT2D eigenvalue weighted by atomic mass is 10.3. The molecule has 1 aromatic heterocycles. The number of nitrogens with zero attached hydrogens (tertiary/aromatic N) is 4. The Kier molecular flexibility index (Phi) is 6.09. The molecule has 1 atom stereocenters. The number of β-amino-alcohol motifs (C(OH)–C–C–N with tert-alkyl or cyclic N) is 1. The number of ether oxygens (including phenoxy) is 1. The van der Waals surface area contributed by atoms with Crippen LogP contribution in [-0.4, -0.2) is 81.7 Å². The van der Waals surface area contributed by atoms with Crippen molar-refractivity contribution < 1.29 is 14.6 Å². The van der Waals surface area contributed by atoms with Gasteiger partial charge in [0.25, 0.3) is 0 Å². The van der Waals surface area contributed by atoms with Gasteiger partial charge in [0.1, 0.15) is 0 Å². The minimum Gasteiger partial charge on any atom is -0.390 e. The molecule has 1 aliphatic rings. The minimum atomic E-state index is -0.546. The highest BCUT2D eigenvalue weighted by Gasteiger charge is 2.24. The van der Waals surface area contributed by atoms with Gasteiger partial charge in [-0.1, -0.05) is 0 Å². The van der Waals surface area contributed by atoms with Crippen LogP contribution in [0.3, 0.4) is 0 Å². The molecule has 8 heteroatoms. The fourth-order valence-electron chi connectivity index (χ4n) is 2.42. The van der Waals surface area contributed by atoms with Gasteiger partial charge >= 0.3 is 0 Å². The Hall–Kier alpha value is -1.51. The van der Waals surface area contributed by atoms with E-state index in [4.69, 9.17) is 4.74 Å². The molecule has 2 N–H and O–H groups in total. The quantitative estimate of drug-likeness (QED) is 0.670. The van der Waals surface area contributed by atoms with Crippen LogP contribution in [0.25, 0.3) is 0 Å². The number of aliphatic hydroxyl groups excluding tert-OH is 1. The summed E-state index contributed by atoms with van der Waals surface area (Å²) >= 11 is 0. The minimum absolute atomic E-state index is 0.0331. The molecule has 0 radical (unpaired) electrons. The first kappa shape index (κ1) is 15.9. The zero-order valence-corrected chi connectivity index (χ0v) is 12.4. The molecule has 0 aliphatic carbocycles. The largest absolute Gasteiger partial charge is 0.390 e. The van der Waals surface area contributed by atoms with Crippen LogP contribution in [-0.2, 0) is 16.1 Å². The first-order valence-corrected chi connectivity index (χ1v) is 7.29. The van der Waals surface area contributed by atoms with Gasteiger partial charge < -0.3 is 14.7 Å². The predicted octanol–water partition coefficient (Wildman–Crippen LogP) is -0.764. The first-order valence-electron chi connectivity index (χ1n) is 7.29. The number of aliphatic hydroxyl groups is 1. The Labute approximate surface area is 124 Å². The van der Waals surface area contributed by atoms with Gasteiger partial charge in [-0.15, -0.1) is 0 Å².